The molecule has 1 amide bonds. The van der Waals surface area contributed by atoms with Gasteiger partial charge in [0.25, 0.3) is 11.2 Å². The number of amides is 1. The third-order valence-electron chi connectivity index (χ3n) is 5.21. The molecule has 0 unspecified atom stereocenters. The number of ether oxygens (including phenoxy) is 1. The molecule has 1 fully saturated rings. The fraction of sp³-hybridized carbons (Fsp3) is 0.318. The van der Waals surface area contributed by atoms with Crippen molar-refractivity contribution in [2.75, 3.05) is 11.9 Å². The molecule has 1 saturated heterocycles. The molecule has 0 saturated carbocycles. The van der Waals surface area contributed by atoms with Crippen LogP contribution in [-0.2, 0) is 16.1 Å². The number of thioether (sulfide) groups is 1. The van der Waals surface area contributed by atoms with Crippen LogP contribution in [0.1, 0.15) is 19.8 Å². The minimum absolute atomic E-state index is 0.0657. The normalized spacial score (nSPS) is 16.7. The van der Waals surface area contributed by atoms with E-state index in [2.05, 4.69) is 10.3 Å². The predicted octanol–water partition coefficient (Wildman–Crippen LogP) is 3.60. The van der Waals surface area contributed by atoms with Crippen molar-refractivity contribution < 1.29 is 14.5 Å². The van der Waals surface area contributed by atoms with E-state index in [0.717, 1.165) is 12.8 Å². The van der Waals surface area contributed by atoms with Gasteiger partial charge in [-0.1, -0.05) is 30.0 Å². The van der Waals surface area contributed by atoms with Crippen LogP contribution < -0.4 is 10.9 Å². The van der Waals surface area contributed by atoms with Crippen LogP contribution >= 0.6 is 11.8 Å². The average Bonchev–Trinajstić information content (AvgIpc) is 3.30. The number of benzene rings is 2. The number of nitrogens with one attached hydrogen (secondary N) is 1. The van der Waals surface area contributed by atoms with Crippen LogP contribution in [0.4, 0.5) is 11.4 Å². The van der Waals surface area contributed by atoms with Gasteiger partial charge >= 0.3 is 0 Å². The number of non-ortho nitro benzene ring substituents is 1. The number of nitro groups is 1. The fourth-order valence-corrected chi connectivity index (χ4v) is 4.46. The smallest absolute Gasteiger partial charge is 0.271 e. The molecule has 1 N–H and O–H groups in total. The molecule has 1 aromatic heterocycles. The van der Waals surface area contributed by atoms with E-state index in [9.17, 15) is 19.7 Å². The molecule has 1 aliphatic heterocycles. The predicted molar refractivity (Wildman–Crippen MR) is 122 cm³/mol. The number of fused-ring (bicyclic) bond motifs is 1. The van der Waals surface area contributed by atoms with E-state index < -0.39 is 10.2 Å². The Labute approximate surface area is 187 Å². The molecule has 0 aliphatic carbocycles. The highest BCUT2D eigenvalue weighted by atomic mass is 32.2. The van der Waals surface area contributed by atoms with Crippen LogP contribution in [-0.4, -0.2) is 38.3 Å². The molecule has 1 aliphatic rings. The molecule has 166 valence electrons. The maximum Gasteiger partial charge on any atom is 0.271 e. The number of nitrogens with zero attached hydrogens (tertiary/aromatic N) is 3. The Morgan fingerprint density at radius 2 is 2.16 bits per heavy atom. The van der Waals surface area contributed by atoms with Crippen molar-refractivity contribution in [2.24, 2.45) is 0 Å². The number of hydrogen-bond acceptors (Lipinski definition) is 7. The van der Waals surface area contributed by atoms with Gasteiger partial charge in [-0.2, -0.15) is 0 Å². The Balaban J connectivity index is 1.59. The van der Waals surface area contributed by atoms with Crippen molar-refractivity contribution in [3.8, 4) is 0 Å². The van der Waals surface area contributed by atoms with Gasteiger partial charge in [0.2, 0.25) is 5.91 Å². The molecule has 2 heterocycles. The van der Waals surface area contributed by atoms with Gasteiger partial charge in [0.05, 0.1) is 33.7 Å². The van der Waals surface area contributed by atoms with Gasteiger partial charge in [-0.05, 0) is 38.0 Å². The largest absolute Gasteiger partial charge is 0.376 e. The van der Waals surface area contributed by atoms with Gasteiger partial charge in [0.15, 0.2) is 5.16 Å². The molecule has 32 heavy (non-hydrogen) atoms. The summed E-state index contributed by atoms with van der Waals surface area (Å²) in [6.07, 6.45) is 1.75. The third-order valence-corrected chi connectivity index (χ3v) is 6.30. The quantitative estimate of drug-likeness (QED) is 0.251. The molecule has 4 rings (SSSR count). The third kappa shape index (κ3) is 4.81. The Morgan fingerprint density at radius 1 is 1.34 bits per heavy atom. The van der Waals surface area contributed by atoms with Crippen molar-refractivity contribution in [2.45, 2.75) is 42.8 Å². The fourth-order valence-electron chi connectivity index (χ4n) is 3.54. The second-order valence-electron chi connectivity index (χ2n) is 7.52. The van der Waals surface area contributed by atoms with E-state index in [1.807, 2.05) is 6.07 Å². The van der Waals surface area contributed by atoms with E-state index in [-0.39, 0.29) is 23.3 Å². The molecule has 2 atom stereocenters. The van der Waals surface area contributed by atoms with Crippen LogP contribution in [0.25, 0.3) is 10.9 Å². The molecular formula is C22H22N4O5S. The topological polar surface area (TPSA) is 116 Å². The molecule has 9 nitrogen and oxygen atoms in total. The van der Waals surface area contributed by atoms with Crippen molar-refractivity contribution in [1.82, 2.24) is 9.55 Å². The first kappa shape index (κ1) is 22.0. The van der Waals surface area contributed by atoms with Crippen LogP contribution in [0.2, 0.25) is 0 Å². The molecule has 0 radical (unpaired) electrons. The zero-order valence-electron chi connectivity index (χ0n) is 17.4. The Kier molecular flexibility index (Phi) is 6.52. The Hall–Kier alpha value is -3.24. The number of carbonyl (C=O) groups excluding carboxylic acids is 1. The van der Waals surface area contributed by atoms with Crippen molar-refractivity contribution in [3.63, 3.8) is 0 Å². The van der Waals surface area contributed by atoms with E-state index in [4.69, 9.17) is 4.74 Å². The first-order valence-corrected chi connectivity index (χ1v) is 11.1. The Bertz CT molecular complexity index is 1220. The number of nitro benzene ring substituents is 1. The van der Waals surface area contributed by atoms with Gasteiger partial charge in [0, 0.05) is 24.4 Å². The van der Waals surface area contributed by atoms with Gasteiger partial charge in [-0.15, -0.1) is 0 Å². The van der Waals surface area contributed by atoms with Crippen molar-refractivity contribution in [1.29, 1.82) is 0 Å². The standard InChI is InChI=1S/C22H22N4O5S/c1-14(20(27)23-15-6-4-7-16(12-15)26(29)30)32-22-24-19-10-3-2-9-18(19)21(28)25(22)13-17-8-5-11-31-17/h2-4,6-7,9-10,12,14,17H,5,8,11,13H2,1H3,(H,23,27)/t14-,17+/m0/s1. The van der Waals surface area contributed by atoms with Gasteiger partial charge in [0.1, 0.15) is 0 Å². The molecule has 2 aromatic carbocycles. The molecule has 0 spiro atoms. The number of para-hydroxylation sites is 1. The van der Waals surface area contributed by atoms with Gasteiger partial charge in [-0.25, -0.2) is 4.98 Å². The van der Waals surface area contributed by atoms with E-state index in [1.54, 1.807) is 35.8 Å². The van der Waals surface area contributed by atoms with E-state index >= 15 is 0 Å². The monoisotopic (exact) mass is 454 g/mol. The van der Waals surface area contributed by atoms with Crippen LogP contribution in [0.5, 0.6) is 0 Å². The summed E-state index contributed by atoms with van der Waals surface area (Å²) in [4.78, 5) is 41.0. The lowest BCUT2D eigenvalue weighted by atomic mass is 10.2. The van der Waals surface area contributed by atoms with E-state index in [1.165, 1.54) is 30.0 Å². The Morgan fingerprint density at radius 3 is 2.91 bits per heavy atom. The number of aromatic nitrogens is 2. The summed E-state index contributed by atoms with van der Waals surface area (Å²) < 4.78 is 7.29. The van der Waals surface area contributed by atoms with Crippen LogP contribution in [0.3, 0.4) is 0 Å². The summed E-state index contributed by atoms with van der Waals surface area (Å²) in [5.41, 5.74) is 0.624. The first-order valence-electron chi connectivity index (χ1n) is 10.3. The lowest BCUT2D eigenvalue weighted by Crippen LogP contribution is -2.30. The SMILES string of the molecule is C[C@H](Sc1nc2ccccc2c(=O)n1C[C@H]1CCCO1)C(=O)Nc1cccc([N+](=O)[O-])c1. The summed E-state index contributed by atoms with van der Waals surface area (Å²) in [6.45, 7) is 2.75. The lowest BCUT2D eigenvalue weighted by Gasteiger charge is -2.18. The maximum atomic E-state index is 13.2. The van der Waals surface area contributed by atoms with Crippen LogP contribution in [0, 0.1) is 10.1 Å². The second kappa shape index (κ2) is 9.49. The molecule has 0 bridgehead atoms. The highest BCUT2D eigenvalue weighted by Crippen LogP contribution is 2.26. The maximum absolute atomic E-state index is 13.2. The minimum Gasteiger partial charge on any atom is -0.376 e. The second-order valence-corrected chi connectivity index (χ2v) is 8.83. The minimum atomic E-state index is -0.599. The molecule has 10 heteroatoms. The number of rotatable bonds is 7. The zero-order valence-corrected chi connectivity index (χ0v) is 18.2. The summed E-state index contributed by atoms with van der Waals surface area (Å²) in [6, 6.07) is 12.9. The highest BCUT2D eigenvalue weighted by Gasteiger charge is 2.23. The zero-order chi connectivity index (χ0) is 22.7. The summed E-state index contributed by atoms with van der Waals surface area (Å²) in [7, 11) is 0. The van der Waals surface area contributed by atoms with Crippen molar-refractivity contribution >= 4 is 39.9 Å². The number of hydrogen-bond donors (Lipinski definition) is 1. The summed E-state index contributed by atoms with van der Waals surface area (Å²) >= 11 is 1.17. The van der Waals surface area contributed by atoms with E-state index in [0.29, 0.717) is 34.9 Å². The number of carbonyl (C=O) groups is 1. The summed E-state index contributed by atoms with van der Waals surface area (Å²) in [5, 5.41) is 14.0. The summed E-state index contributed by atoms with van der Waals surface area (Å²) in [5.74, 6) is -0.346. The molecule has 3 aromatic rings. The van der Waals surface area contributed by atoms with Gasteiger partial charge < -0.3 is 10.1 Å². The number of anilines is 1. The average molecular weight is 455 g/mol. The lowest BCUT2D eigenvalue weighted by molar-refractivity contribution is -0.384. The van der Waals surface area contributed by atoms with Crippen LogP contribution in [0.15, 0.2) is 58.5 Å². The molecular weight excluding hydrogens is 432 g/mol. The first-order chi connectivity index (χ1) is 15.4. The van der Waals surface area contributed by atoms with Gasteiger partial charge in [-0.3, -0.25) is 24.3 Å². The highest BCUT2D eigenvalue weighted by molar-refractivity contribution is 8.00. The van der Waals surface area contributed by atoms with Crippen molar-refractivity contribution in [3.05, 3.63) is 69.0 Å².